The van der Waals surface area contributed by atoms with E-state index in [2.05, 4.69) is 11.7 Å². The molecule has 0 saturated carbocycles. The number of anilines is 1. The molecule has 0 aliphatic carbocycles. The SMILES string of the molecule is C=CC(=O)N1CCN2C(=O)c3c(N4Cc5cn(CC)nc5[C@@H]4C)nc(-c4c(O)cccc4F)c(Cl)c3OC[C@H]2C1. The lowest BCUT2D eigenvalue weighted by Gasteiger charge is -2.39. The molecule has 2 amide bonds. The van der Waals surface area contributed by atoms with Crippen LogP contribution in [0.2, 0.25) is 5.02 Å². The van der Waals surface area contributed by atoms with Gasteiger partial charge in [-0.15, -0.1) is 0 Å². The standard InChI is InChI=1S/C28H28ClFN6O4/c1-4-20(38)33-9-10-35-17(13-33)14-40-26-22(28(35)39)27(36-12-16-11-34(5-2)32-24(16)15(36)3)31-25(23(26)29)21-18(30)7-6-8-19(21)37/h4,6-8,11,15,17,37H,1,5,9-10,12-14H2,2-3H3/t15-,17+/m0/s1. The van der Waals surface area contributed by atoms with E-state index in [0.717, 1.165) is 17.8 Å². The van der Waals surface area contributed by atoms with Crippen molar-refractivity contribution in [3.8, 4) is 22.8 Å². The van der Waals surface area contributed by atoms with E-state index in [9.17, 15) is 14.7 Å². The van der Waals surface area contributed by atoms with Gasteiger partial charge >= 0.3 is 0 Å². The number of aromatic nitrogens is 3. The summed E-state index contributed by atoms with van der Waals surface area (Å²) in [5, 5.41) is 15.2. The van der Waals surface area contributed by atoms with Crippen molar-refractivity contribution in [1.29, 1.82) is 0 Å². The van der Waals surface area contributed by atoms with Gasteiger partial charge in [-0.05, 0) is 32.1 Å². The predicted molar refractivity (Wildman–Crippen MR) is 146 cm³/mol. The predicted octanol–water partition coefficient (Wildman–Crippen LogP) is 3.78. The van der Waals surface area contributed by atoms with Crippen LogP contribution in [0.3, 0.4) is 0 Å². The molecule has 12 heteroatoms. The average Bonchev–Trinajstić information content (AvgIpc) is 3.45. The Morgan fingerprint density at radius 1 is 1.30 bits per heavy atom. The average molecular weight is 567 g/mol. The zero-order valence-electron chi connectivity index (χ0n) is 22.1. The van der Waals surface area contributed by atoms with Crippen molar-refractivity contribution in [2.75, 3.05) is 31.1 Å². The first kappa shape index (κ1) is 26.1. The summed E-state index contributed by atoms with van der Waals surface area (Å²) in [7, 11) is 0. The Labute approximate surface area is 235 Å². The minimum Gasteiger partial charge on any atom is -0.507 e. The van der Waals surface area contributed by atoms with Gasteiger partial charge in [0.1, 0.15) is 40.3 Å². The van der Waals surface area contributed by atoms with Crippen molar-refractivity contribution < 1.29 is 23.8 Å². The maximum atomic E-state index is 15.1. The molecule has 0 unspecified atom stereocenters. The third kappa shape index (κ3) is 3.98. The zero-order chi connectivity index (χ0) is 28.3. The fourth-order valence-corrected chi connectivity index (χ4v) is 6.02. The molecule has 1 aromatic carbocycles. The van der Waals surface area contributed by atoms with Gasteiger partial charge in [0.2, 0.25) is 5.91 Å². The maximum absolute atomic E-state index is 15.1. The molecule has 208 valence electrons. The summed E-state index contributed by atoms with van der Waals surface area (Å²) in [5.41, 5.74) is 1.80. The lowest BCUT2D eigenvalue weighted by Crippen LogP contribution is -2.57. The van der Waals surface area contributed by atoms with E-state index in [1.165, 1.54) is 24.3 Å². The van der Waals surface area contributed by atoms with Crippen LogP contribution in [0.4, 0.5) is 10.2 Å². The van der Waals surface area contributed by atoms with E-state index in [0.29, 0.717) is 13.1 Å². The number of carbonyl (C=O) groups is 2. The second-order valence-electron chi connectivity index (χ2n) is 10.1. The lowest BCUT2D eigenvalue weighted by atomic mass is 10.0. The second kappa shape index (κ2) is 9.81. The first-order valence-electron chi connectivity index (χ1n) is 13.1. The fraction of sp³-hybridized carbons (Fsp3) is 0.357. The highest BCUT2D eigenvalue weighted by atomic mass is 35.5. The number of aryl methyl sites for hydroxylation is 1. The van der Waals surface area contributed by atoms with Crippen LogP contribution in [0.5, 0.6) is 11.5 Å². The van der Waals surface area contributed by atoms with Crippen molar-refractivity contribution in [2.24, 2.45) is 0 Å². The van der Waals surface area contributed by atoms with Gasteiger partial charge in [-0.2, -0.15) is 5.10 Å². The van der Waals surface area contributed by atoms with Crippen LogP contribution in [-0.2, 0) is 17.9 Å². The number of amides is 2. The molecule has 10 nitrogen and oxygen atoms in total. The third-order valence-electron chi connectivity index (χ3n) is 7.84. The largest absolute Gasteiger partial charge is 0.507 e. The number of piperazine rings is 1. The maximum Gasteiger partial charge on any atom is 0.261 e. The Kier molecular flexibility index (Phi) is 6.41. The molecule has 6 rings (SSSR count). The van der Waals surface area contributed by atoms with Crippen molar-refractivity contribution in [3.63, 3.8) is 0 Å². The molecular weight excluding hydrogens is 539 g/mol. The quantitative estimate of drug-likeness (QED) is 0.479. The minimum absolute atomic E-state index is 0.0301. The van der Waals surface area contributed by atoms with Gasteiger partial charge in [0.05, 0.1) is 23.3 Å². The van der Waals surface area contributed by atoms with Crippen molar-refractivity contribution >= 4 is 29.2 Å². The summed E-state index contributed by atoms with van der Waals surface area (Å²) >= 11 is 6.82. The van der Waals surface area contributed by atoms with E-state index in [4.69, 9.17) is 21.3 Å². The van der Waals surface area contributed by atoms with Crippen LogP contribution < -0.4 is 9.64 Å². The number of pyridine rings is 1. The molecule has 40 heavy (non-hydrogen) atoms. The number of halogens is 2. The van der Waals surface area contributed by atoms with Crippen LogP contribution in [0.15, 0.2) is 37.1 Å². The van der Waals surface area contributed by atoms with Crippen LogP contribution in [0.25, 0.3) is 11.3 Å². The van der Waals surface area contributed by atoms with Gasteiger partial charge in [-0.1, -0.05) is 24.2 Å². The number of phenols is 1. The van der Waals surface area contributed by atoms with Crippen LogP contribution in [0, 0.1) is 5.82 Å². The molecule has 1 N–H and O–H groups in total. The van der Waals surface area contributed by atoms with E-state index < -0.39 is 11.9 Å². The first-order valence-corrected chi connectivity index (χ1v) is 13.5. The molecule has 1 saturated heterocycles. The topological polar surface area (TPSA) is 104 Å². The Balaban J connectivity index is 1.51. The Hall–Kier alpha value is -4.12. The molecule has 5 heterocycles. The Bertz CT molecular complexity index is 1540. The Morgan fingerprint density at radius 3 is 2.80 bits per heavy atom. The molecule has 3 aliphatic heterocycles. The number of rotatable bonds is 4. The molecule has 3 aliphatic rings. The van der Waals surface area contributed by atoms with Gasteiger partial charge in [-0.25, -0.2) is 9.37 Å². The number of hydrogen-bond acceptors (Lipinski definition) is 7. The molecule has 0 bridgehead atoms. The highest BCUT2D eigenvalue weighted by Gasteiger charge is 2.43. The molecule has 0 radical (unpaired) electrons. The van der Waals surface area contributed by atoms with E-state index in [1.54, 1.807) is 9.80 Å². The number of fused-ring (bicyclic) bond motifs is 3. The van der Waals surface area contributed by atoms with Crippen molar-refractivity contribution in [2.45, 2.75) is 39.0 Å². The molecule has 0 spiro atoms. The monoisotopic (exact) mass is 566 g/mol. The number of phenolic OH excluding ortho intramolecular Hbond substituents is 1. The van der Waals surface area contributed by atoms with Crippen LogP contribution >= 0.6 is 11.6 Å². The second-order valence-corrected chi connectivity index (χ2v) is 10.5. The smallest absolute Gasteiger partial charge is 0.261 e. The number of ether oxygens (including phenoxy) is 1. The summed E-state index contributed by atoms with van der Waals surface area (Å²) in [6, 6.07) is 3.25. The summed E-state index contributed by atoms with van der Waals surface area (Å²) in [6.45, 7) is 9.63. The van der Waals surface area contributed by atoms with Gasteiger partial charge in [0.15, 0.2) is 5.75 Å². The molecule has 2 aromatic heterocycles. The fourth-order valence-electron chi connectivity index (χ4n) is 5.74. The van der Waals surface area contributed by atoms with Crippen molar-refractivity contribution in [3.05, 3.63) is 64.7 Å². The lowest BCUT2D eigenvalue weighted by molar-refractivity contribution is -0.128. The summed E-state index contributed by atoms with van der Waals surface area (Å²) in [4.78, 5) is 36.5. The molecule has 1 fully saturated rings. The summed E-state index contributed by atoms with van der Waals surface area (Å²) in [6.07, 6.45) is 3.22. The minimum atomic E-state index is -0.715. The number of nitrogens with zero attached hydrogens (tertiary/aromatic N) is 6. The Morgan fingerprint density at radius 2 is 2.10 bits per heavy atom. The highest BCUT2D eigenvalue weighted by Crippen LogP contribution is 2.48. The highest BCUT2D eigenvalue weighted by molar-refractivity contribution is 6.35. The van der Waals surface area contributed by atoms with Gasteiger partial charge in [-0.3, -0.25) is 14.3 Å². The summed E-state index contributed by atoms with van der Waals surface area (Å²) in [5.74, 6) is -1.28. The normalized spacial score (nSPS) is 20.0. The molecule has 2 atom stereocenters. The number of aromatic hydroxyl groups is 1. The van der Waals surface area contributed by atoms with Gasteiger partial charge < -0.3 is 24.5 Å². The van der Waals surface area contributed by atoms with E-state index in [1.807, 2.05) is 29.6 Å². The van der Waals surface area contributed by atoms with Gasteiger partial charge in [0.25, 0.3) is 5.91 Å². The third-order valence-corrected chi connectivity index (χ3v) is 8.19. The summed E-state index contributed by atoms with van der Waals surface area (Å²) < 4.78 is 23.2. The zero-order valence-corrected chi connectivity index (χ0v) is 22.9. The first-order chi connectivity index (χ1) is 19.2. The molecular formula is C28H28ClFN6O4. The van der Waals surface area contributed by atoms with Crippen LogP contribution in [0.1, 0.15) is 41.5 Å². The molecule has 3 aromatic rings. The van der Waals surface area contributed by atoms with E-state index in [-0.39, 0.29) is 76.7 Å². The van der Waals surface area contributed by atoms with Gasteiger partial charge in [0, 0.05) is 44.5 Å². The van der Waals surface area contributed by atoms with Crippen molar-refractivity contribution in [1.82, 2.24) is 24.6 Å². The van der Waals surface area contributed by atoms with E-state index >= 15 is 4.39 Å². The number of hydrogen-bond donors (Lipinski definition) is 1. The number of benzene rings is 1. The van der Waals surface area contributed by atoms with Crippen LogP contribution in [-0.4, -0.2) is 73.8 Å². The number of carbonyl (C=O) groups excluding carboxylic acids is 2.